The Balaban J connectivity index is 2.57. The van der Waals surface area contributed by atoms with Gasteiger partial charge in [-0.25, -0.2) is 9.97 Å². The van der Waals surface area contributed by atoms with Gasteiger partial charge in [-0.15, -0.1) is 0 Å². The van der Waals surface area contributed by atoms with E-state index in [1.807, 2.05) is 18.2 Å². The van der Waals surface area contributed by atoms with Crippen molar-refractivity contribution in [1.82, 2.24) is 9.97 Å². The summed E-state index contributed by atoms with van der Waals surface area (Å²) in [6, 6.07) is 8.13. The fraction of sp³-hybridized carbons (Fsp3) is 0.286. The van der Waals surface area contributed by atoms with E-state index in [9.17, 15) is 0 Å². The maximum atomic E-state index is 4.44. The smallest absolute Gasteiger partial charge is 0.133 e. The van der Waals surface area contributed by atoms with Crippen molar-refractivity contribution in [3.05, 3.63) is 40.6 Å². The van der Waals surface area contributed by atoms with E-state index in [1.54, 1.807) is 6.33 Å². The molecular weight excluding hydrogens is 290 g/mol. The van der Waals surface area contributed by atoms with Crippen LogP contribution in [-0.2, 0) is 6.42 Å². The summed E-state index contributed by atoms with van der Waals surface area (Å²) in [4.78, 5) is 8.76. The molecule has 0 radical (unpaired) electrons. The van der Waals surface area contributed by atoms with Crippen LogP contribution in [-0.4, -0.2) is 16.5 Å². The number of halogens is 1. The van der Waals surface area contributed by atoms with Gasteiger partial charge < -0.3 is 5.32 Å². The van der Waals surface area contributed by atoms with E-state index in [1.165, 1.54) is 0 Å². The van der Waals surface area contributed by atoms with Gasteiger partial charge in [0.15, 0.2) is 0 Å². The predicted molar refractivity (Wildman–Crippen MR) is 78.7 cm³/mol. The number of anilines is 1. The van der Waals surface area contributed by atoms with Gasteiger partial charge in [0.25, 0.3) is 0 Å². The summed E-state index contributed by atoms with van der Waals surface area (Å²) in [6.45, 7) is 5.05. The lowest BCUT2D eigenvalue weighted by molar-refractivity contribution is 1.03. The Labute approximate surface area is 116 Å². The van der Waals surface area contributed by atoms with Gasteiger partial charge in [-0.05, 0) is 19.4 Å². The molecule has 0 aliphatic heterocycles. The standard InChI is InChI=1S/C14H16BrN3/c1-3-10-13(11-7-5-6-8-12(11)15)17-9-18-14(10)16-4-2/h5-9H,3-4H2,1-2H3,(H,16,17,18). The average molecular weight is 306 g/mol. The average Bonchev–Trinajstić information content (AvgIpc) is 2.39. The Hall–Kier alpha value is -1.42. The Morgan fingerprint density at radius 1 is 1.17 bits per heavy atom. The second-order valence-corrected chi connectivity index (χ2v) is 4.77. The highest BCUT2D eigenvalue weighted by atomic mass is 79.9. The van der Waals surface area contributed by atoms with Crippen molar-refractivity contribution in [1.29, 1.82) is 0 Å². The summed E-state index contributed by atoms with van der Waals surface area (Å²) in [5.41, 5.74) is 3.26. The van der Waals surface area contributed by atoms with E-state index in [0.29, 0.717) is 0 Å². The van der Waals surface area contributed by atoms with Crippen LogP contribution in [0.4, 0.5) is 5.82 Å². The third kappa shape index (κ3) is 2.53. The summed E-state index contributed by atoms with van der Waals surface area (Å²) in [7, 11) is 0. The van der Waals surface area contributed by atoms with Crippen molar-refractivity contribution >= 4 is 21.7 Å². The lowest BCUT2D eigenvalue weighted by Crippen LogP contribution is -2.05. The Bertz CT molecular complexity index is 540. The largest absolute Gasteiger partial charge is 0.370 e. The first-order valence-corrected chi connectivity index (χ1v) is 6.89. The minimum absolute atomic E-state index is 0.861. The zero-order valence-corrected chi connectivity index (χ0v) is 12.2. The molecule has 0 spiro atoms. The van der Waals surface area contributed by atoms with Gasteiger partial charge in [0.2, 0.25) is 0 Å². The van der Waals surface area contributed by atoms with Crippen LogP contribution in [0.1, 0.15) is 19.4 Å². The number of hydrogen-bond acceptors (Lipinski definition) is 3. The van der Waals surface area contributed by atoms with Gasteiger partial charge in [-0.3, -0.25) is 0 Å². The molecule has 1 heterocycles. The van der Waals surface area contributed by atoms with Crippen molar-refractivity contribution in [3.8, 4) is 11.3 Å². The molecule has 0 bridgehead atoms. The number of hydrogen-bond donors (Lipinski definition) is 1. The van der Waals surface area contributed by atoms with E-state index in [4.69, 9.17) is 0 Å². The summed E-state index contributed by atoms with van der Waals surface area (Å²) in [6.07, 6.45) is 2.52. The van der Waals surface area contributed by atoms with E-state index >= 15 is 0 Å². The number of aromatic nitrogens is 2. The summed E-state index contributed by atoms with van der Waals surface area (Å²) < 4.78 is 1.06. The molecule has 0 amide bonds. The van der Waals surface area contributed by atoms with Crippen LogP contribution in [0.2, 0.25) is 0 Å². The maximum absolute atomic E-state index is 4.44. The zero-order chi connectivity index (χ0) is 13.0. The van der Waals surface area contributed by atoms with Crippen LogP contribution in [0, 0.1) is 0 Å². The lowest BCUT2D eigenvalue weighted by atomic mass is 10.0. The van der Waals surface area contributed by atoms with Crippen LogP contribution < -0.4 is 5.32 Å². The summed E-state index contributed by atoms with van der Waals surface area (Å²) >= 11 is 3.58. The minimum Gasteiger partial charge on any atom is -0.370 e. The Morgan fingerprint density at radius 2 is 1.94 bits per heavy atom. The van der Waals surface area contributed by atoms with Crippen LogP contribution >= 0.6 is 15.9 Å². The van der Waals surface area contributed by atoms with Crippen molar-refractivity contribution in [3.63, 3.8) is 0 Å². The minimum atomic E-state index is 0.861. The molecule has 0 atom stereocenters. The first-order valence-electron chi connectivity index (χ1n) is 6.10. The highest BCUT2D eigenvalue weighted by molar-refractivity contribution is 9.10. The molecule has 1 aromatic carbocycles. The molecule has 0 aliphatic rings. The molecular formula is C14H16BrN3. The van der Waals surface area contributed by atoms with Crippen LogP contribution in [0.25, 0.3) is 11.3 Å². The predicted octanol–water partition coefficient (Wildman–Crippen LogP) is 3.90. The summed E-state index contributed by atoms with van der Waals surface area (Å²) in [5.74, 6) is 0.931. The van der Waals surface area contributed by atoms with Crippen LogP contribution in [0.15, 0.2) is 35.1 Å². The van der Waals surface area contributed by atoms with Gasteiger partial charge in [0.05, 0.1) is 5.69 Å². The van der Waals surface area contributed by atoms with Crippen molar-refractivity contribution in [2.75, 3.05) is 11.9 Å². The molecule has 0 aliphatic carbocycles. The molecule has 4 heteroatoms. The second-order valence-electron chi connectivity index (χ2n) is 3.91. The third-order valence-electron chi connectivity index (χ3n) is 2.77. The van der Waals surface area contributed by atoms with Crippen molar-refractivity contribution < 1.29 is 0 Å². The van der Waals surface area contributed by atoms with Crippen LogP contribution in [0.5, 0.6) is 0 Å². The molecule has 2 aromatic rings. The molecule has 3 nitrogen and oxygen atoms in total. The lowest BCUT2D eigenvalue weighted by Gasteiger charge is -2.13. The van der Waals surface area contributed by atoms with E-state index in [0.717, 1.165) is 40.1 Å². The molecule has 94 valence electrons. The quantitative estimate of drug-likeness (QED) is 0.931. The fourth-order valence-corrected chi connectivity index (χ4v) is 2.42. The van der Waals surface area contributed by atoms with Crippen LogP contribution in [0.3, 0.4) is 0 Å². The summed E-state index contributed by atoms with van der Waals surface area (Å²) in [5, 5.41) is 3.29. The van der Waals surface area contributed by atoms with Gasteiger partial charge in [0, 0.05) is 22.1 Å². The topological polar surface area (TPSA) is 37.8 Å². The van der Waals surface area contributed by atoms with Gasteiger partial charge in [-0.2, -0.15) is 0 Å². The second kappa shape index (κ2) is 5.96. The molecule has 18 heavy (non-hydrogen) atoms. The van der Waals surface area contributed by atoms with E-state index in [2.05, 4.69) is 51.1 Å². The maximum Gasteiger partial charge on any atom is 0.133 e. The molecule has 1 N–H and O–H groups in total. The number of nitrogens with one attached hydrogen (secondary N) is 1. The SMILES string of the molecule is CCNc1ncnc(-c2ccccc2Br)c1CC. The Kier molecular flexibility index (Phi) is 4.31. The van der Waals surface area contributed by atoms with Gasteiger partial charge in [0.1, 0.15) is 12.1 Å². The van der Waals surface area contributed by atoms with E-state index in [-0.39, 0.29) is 0 Å². The number of nitrogens with zero attached hydrogens (tertiary/aromatic N) is 2. The fourth-order valence-electron chi connectivity index (χ4n) is 1.95. The normalized spacial score (nSPS) is 10.4. The third-order valence-corrected chi connectivity index (χ3v) is 3.46. The Morgan fingerprint density at radius 3 is 2.61 bits per heavy atom. The van der Waals surface area contributed by atoms with Crippen molar-refractivity contribution in [2.24, 2.45) is 0 Å². The molecule has 0 fully saturated rings. The monoisotopic (exact) mass is 305 g/mol. The molecule has 0 saturated carbocycles. The molecule has 0 saturated heterocycles. The van der Waals surface area contributed by atoms with Crippen molar-refractivity contribution in [2.45, 2.75) is 20.3 Å². The zero-order valence-electron chi connectivity index (χ0n) is 10.6. The number of rotatable bonds is 4. The molecule has 0 unspecified atom stereocenters. The first kappa shape index (κ1) is 13.0. The first-order chi connectivity index (χ1) is 8.77. The molecule has 1 aromatic heterocycles. The highest BCUT2D eigenvalue weighted by Crippen LogP contribution is 2.31. The van der Waals surface area contributed by atoms with E-state index < -0.39 is 0 Å². The highest BCUT2D eigenvalue weighted by Gasteiger charge is 2.12. The van der Waals surface area contributed by atoms with Gasteiger partial charge in [-0.1, -0.05) is 41.1 Å². The number of benzene rings is 1. The van der Waals surface area contributed by atoms with Gasteiger partial charge >= 0.3 is 0 Å². The molecule has 2 rings (SSSR count).